The van der Waals surface area contributed by atoms with Crippen LogP contribution in [0.4, 0.5) is 10.1 Å². The van der Waals surface area contributed by atoms with E-state index in [9.17, 15) is 19.5 Å². The number of anilines is 1. The van der Waals surface area contributed by atoms with Gasteiger partial charge in [0.1, 0.15) is 15.9 Å². The summed E-state index contributed by atoms with van der Waals surface area (Å²) in [6.07, 6.45) is 3.06. The van der Waals surface area contributed by atoms with E-state index in [1.807, 2.05) is 23.1 Å². The van der Waals surface area contributed by atoms with Crippen LogP contribution in [0, 0.1) is 5.82 Å². The second-order valence-electron chi connectivity index (χ2n) is 10.6. The number of carboxylic acid groups (broad SMARTS) is 1. The summed E-state index contributed by atoms with van der Waals surface area (Å²) in [6.45, 7) is 2.77. The molecule has 3 fully saturated rings. The first kappa shape index (κ1) is 31.7. The maximum absolute atomic E-state index is 15.3. The molecular weight excluding hydrogens is 604 g/mol. The van der Waals surface area contributed by atoms with E-state index in [1.165, 1.54) is 18.0 Å². The number of carbonyl (C=O) groups excluding carboxylic acids is 2. The molecule has 1 aliphatic carbocycles. The zero-order valence-corrected chi connectivity index (χ0v) is 27.2. The molecule has 0 bridgehead atoms. The number of benzene rings is 2. The number of pyridine rings is 1. The molecule has 3 heterocycles. The Morgan fingerprint density at radius 1 is 1.14 bits per heavy atom. The SMILES string of the molecule is O=C(COc1ccccc1)N[C@@H]1CN[C@H]1SC(=S)N1CCN(c2cc3c(cc2F)c(=O)c(C(=O)[O-])cn3C2CC2)CC1.[Na+]. The maximum Gasteiger partial charge on any atom is 1.00 e. The number of carbonyl (C=O) groups is 2. The minimum absolute atomic E-state index is 0. The van der Waals surface area contributed by atoms with E-state index >= 15 is 4.39 Å². The molecule has 0 radical (unpaired) electrons. The summed E-state index contributed by atoms with van der Waals surface area (Å²) in [7, 11) is 0. The molecular formula is C29H29FN5NaO5S2. The van der Waals surface area contributed by atoms with Crippen LogP contribution in [0.15, 0.2) is 53.5 Å². The third-order valence-corrected chi connectivity index (χ3v) is 9.49. The Labute approximate surface area is 279 Å². The zero-order chi connectivity index (χ0) is 29.4. The van der Waals surface area contributed by atoms with Gasteiger partial charge in [0.2, 0.25) is 0 Å². The summed E-state index contributed by atoms with van der Waals surface area (Å²) >= 11 is 7.19. The number of thiocarbonyl (C=S) groups is 1. The van der Waals surface area contributed by atoms with E-state index in [1.54, 1.807) is 22.8 Å². The number of hydrogen-bond acceptors (Lipinski definition) is 9. The molecule has 2 atom stereocenters. The Bertz CT molecular complexity index is 1600. The summed E-state index contributed by atoms with van der Waals surface area (Å²) in [4.78, 5) is 40.6. The van der Waals surface area contributed by atoms with Gasteiger partial charge in [-0.3, -0.25) is 9.59 Å². The predicted octanol–water partition coefficient (Wildman–Crippen LogP) is -1.52. The number of hydrogen-bond donors (Lipinski definition) is 2. The third kappa shape index (κ3) is 7.02. The van der Waals surface area contributed by atoms with Crippen LogP contribution < -0.4 is 60.4 Å². The van der Waals surface area contributed by atoms with Crippen LogP contribution in [0.2, 0.25) is 0 Å². The molecule has 1 amide bonds. The Kier molecular flexibility index (Phi) is 9.99. The molecule has 3 aliphatic rings. The van der Waals surface area contributed by atoms with E-state index in [0.29, 0.717) is 54.0 Å². The molecule has 2 aromatic carbocycles. The van der Waals surface area contributed by atoms with Crippen molar-refractivity contribution in [2.45, 2.75) is 30.3 Å². The van der Waals surface area contributed by atoms with Gasteiger partial charge >= 0.3 is 29.6 Å². The van der Waals surface area contributed by atoms with Crippen LogP contribution in [0.5, 0.6) is 5.75 Å². The number of nitrogens with zero attached hydrogens (tertiary/aromatic N) is 3. The molecule has 43 heavy (non-hydrogen) atoms. The smallest absolute Gasteiger partial charge is 0.545 e. The van der Waals surface area contributed by atoms with Crippen molar-refractivity contribution in [1.82, 2.24) is 20.1 Å². The fraction of sp³-hybridized carbons (Fsp3) is 0.379. The van der Waals surface area contributed by atoms with Gasteiger partial charge in [-0.2, -0.15) is 0 Å². The Morgan fingerprint density at radius 2 is 1.86 bits per heavy atom. The predicted molar refractivity (Wildman–Crippen MR) is 160 cm³/mol. The van der Waals surface area contributed by atoms with E-state index < -0.39 is 22.8 Å². The number of ether oxygens (including phenoxy) is 1. The Hall–Kier alpha value is -2.68. The van der Waals surface area contributed by atoms with E-state index in [2.05, 4.69) is 15.5 Å². The molecule has 1 saturated carbocycles. The number of para-hydroxylation sites is 1. The van der Waals surface area contributed by atoms with Gasteiger partial charge in [0.05, 0.1) is 34.2 Å². The number of thioether (sulfide) groups is 1. The Balaban J connectivity index is 0.00000368. The molecule has 2 saturated heterocycles. The van der Waals surface area contributed by atoms with Crippen LogP contribution in [0.3, 0.4) is 0 Å². The minimum atomic E-state index is -1.56. The number of aromatic nitrogens is 1. The molecule has 10 nitrogen and oxygen atoms in total. The first-order valence-electron chi connectivity index (χ1n) is 13.8. The molecule has 14 heteroatoms. The second-order valence-corrected chi connectivity index (χ2v) is 12.4. The van der Waals surface area contributed by atoms with Gasteiger partial charge in [-0.05, 0) is 37.1 Å². The van der Waals surface area contributed by atoms with E-state index in [-0.39, 0.29) is 64.9 Å². The van der Waals surface area contributed by atoms with Crippen molar-refractivity contribution in [2.24, 2.45) is 0 Å². The zero-order valence-electron chi connectivity index (χ0n) is 23.6. The fourth-order valence-corrected chi connectivity index (χ4v) is 6.76. The first-order chi connectivity index (χ1) is 20.3. The number of halogens is 1. The first-order valence-corrected chi connectivity index (χ1v) is 15.1. The number of nitrogens with one attached hydrogen (secondary N) is 2. The van der Waals surface area contributed by atoms with Crippen molar-refractivity contribution in [3.63, 3.8) is 0 Å². The summed E-state index contributed by atoms with van der Waals surface area (Å²) < 4.78 is 23.3. The van der Waals surface area contributed by atoms with Crippen LogP contribution in [0.1, 0.15) is 29.2 Å². The van der Waals surface area contributed by atoms with Crippen molar-refractivity contribution < 1.29 is 53.4 Å². The van der Waals surface area contributed by atoms with Gasteiger partial charge in [0, 0.05) is 50.3 Å². The van der Waals surface area contributed by atoms with Gasteiger partial charge in [-0.25, -0.2) is 4.39 Å². The van der Waals surface area contributed by atoms with Crippen LogP contribution >= 0.6 is 24.0 Å². The van der Waals surface area contributed by atoms with Gasteiger partial charge < -0.3 is 39.6 Å². The molecule has 0 spiro atoms. The topological polar surface area (TPSA) is 119 Å². The quantitative estimate of drug-likeness (QED) is 0.224. The molecule has 2 aliphatic heterocycles. The number of piperazine rings is 1. The minimum Gasteiger partial charge on any atom is -0.545 e. The number of rotatable bonds is 8. The normalized spacial score (nSPS) is 19.7. The average Bonchev–Trinajstić information content (AvgIpc) is 3.83. The van der Waals surface area contributed by atoms with Crippen molar-refractivity contribution in [2.75, 3.05) is 44.2 Å². The molecule has 220 valence electrons. The maximum atomic E-state index is 15.3. The standard InChI is InChI=1S/C29H30FN5O5S2.Na/c30-21-12-19-23(35(17-6-7-17)15-20(26(19)37)28(38)39)13-24(21)33-8-10-34(11-9-33)29(41)42-27-22(14-31-27)32-25(36)16-40-18-4-2-1-3-5-18;/h1-5,12-13,15,17,22,27,31H,6-11,14,16H2,(H,32,36)(H,38,39);/q;+1/p-1/t22-,27+;/m1./s1. The van der Waals surface area contributed by atoms with Crippen LogP contribution in [-0.2, 0) is 4.79 Å². The number of carboxylic acids is 1. The van der Waals surface area contributed by atoms with Crippen molar-refractivity contribution in [3.05, 3.63) is 70.3 Å². The van der Waals surface area contributed by atoms with Gasteiger partial charge in [0.25, 0.3) is 5.91 Å². The van der Waals surface area contributed by atoms with Crippen molar-refractivity contribution in [1.29, 1.82) is 0 Å². The number of aromatic carboxylic acids is 1. The van der Waals surface area contributed by atoms with Gasteiger partial charge in [-0.1, -0.05) is 42.2 Å². The molecule has 2 N–H and O–H groups in total. The molecule has 1 aromatic heterocycles. The van der Waals surface area contributed by atoms with Crippen LogP contribution in [-0.4, -0.2) is 76.4 Å². The summed E-state index contributed by atoms with van der Waals surface area (Å²) in [5.41, 5.74) is -0.292. The van der Waals surface area contributed by atoms with Crippen molar-refractivity contribution in [3.8, 4) is 5.75 Å². The van der Waals surface area contributed by atoms with Crippen LogP contribution in [0.25, 0.3) is 10.9 Å². The molecule has 0 unspecified atom stereocenters. The van der Waals surface area contributed by atoms with E-state index in [4.69, 9.17) is 17.0 Å². The molecule has 6 rings (SSSR count). The van der Waals surface area contributed by atoms with Crippen molar-refractivity contribution >= 4 is 56.8 Å². The molecule has 3 aromatic rings. The number of amides is 1. The number of fused-ring (bicyclic) bond motifs is 1. The average molecular weight is 634 g/mol. The van der Waals surface area contributed by atoms with Gasteiger partial charge in [-0.15, -0.1) is 0 Å². The Morgan fingerprint density at radius 3 is 2.49 bits per heavy atom. The fourth-order valence-electron chi connectivity index (χ4n) is 5.21. The monoisotopic (exact) mass is 633 g/mol. The second kappa shape index (κ2) is 13.5. The summed E-state index contributed by atoms with van der Waals surface area (Å²) in [5.74, 6) is -1.70. The largest absolute Gasteiger partial charge is 1.00 e. The van der Waals surface area contributed by atoms with E-state index in [0.717, 1.165) is 18.9 Å². The third-order valence-electron chi connectivity index (χ3n) is 7.73. The van der Waals surface area contributed by atoms with Gasteiger partial charge in [0.15, 0.2) is 12.0 Å². The summed E-state index contributed by atoms with van der Waals surface area (Å²) in [6, 6.07) is 12.0. The summed E-state index contributed by atoms with van der Waals surface area (Å²) in [5, 5.41) is 17.8.